The Morgan fingerprint density at radius 1 is 1.08 bits per heavy atom. The number of hydrogen-bond acceptors (Lipinski definition) is 5. The van der Waals surface area contributed by atoms with Gasteiger partial charge in [0.2, 0.25) is 0 Å². The summed E-state index contributed by atoms with van der Waals surface area (Å²) in [6.07, 6.45) is -0.182. The van der Waals surface area contributed by atoms with Crippen molar-refractivity contribution in [2.24, 2.45) is 0 Å². The predicted octanol–water partition coefficient (Wildman–Crippen LogP) is 3.92. The van der Waals surface area contributed by atoms with Gasteiger partial charge in [-0.15, -0.1) is 0 Å². The fourth-order valence-corrected chi connectivity index (χ4v) is 2.07. The molecule has 2 rings (SSSR count). The second-order valence-electron chi connectivity index (χ2n) is 5.51. The van der Waals surface area contributed by atoms with Crippen LogP contribution in [0.4, 0.5) is 4.39 Å². The van der Waals surface area contributed by atoms with E-state index >= 15 is 0 Å². The van der Waals surface area contributed by atoms with Gasteiger partial charge in [0.25, 0.3) is 0 Å². The molecule has 5 nitrogen and oxygen atoms in total. The molecule has 0 heterocycles. The summed E-state index contributed by atoms with van der Waals surface area (Å²) in [6, 6.07) is 11.5. The zero-order valence-corrected chi connectivity index (χ0v) is 14.6. The summed E-state index contributed by atoms with van der Waals surface area (Å²) in [5.41, 5.74) is 1.67. The summed E-state index contributed by atoms with van der Waals surface area (Å²) in [6.45, 7) is 4.77. The molecule has 0 spiro atoms. The third-order valence-electron chi connectivity index (χ3n) is 3.47. The van der Waals surface area contributed by atoms with Crippen molar-refractivity contribution < 1.29 is 28.2 Å². The molecule has 0 atom stereocenters. The Kier molecular flexibility index (Phi) is 6.49. The van der Waals surface area contributed by atoms with E-state index in [9.17, 15) is 14.0 Å². The predicted molar refractivity (Wildman–Crippen MR) is 94.4 cm³/mol. The molecule has 136 valence electrons. The van der Waals surface area contributed by atoms with Crippen LogP contribution in [0.3, 0.4) is 0 Å². The molecule has 26 heavy (non-hydrogen) atoms. The summed E-state index contributed by atoms with van der Waals surface area (Å²) in [4.78, 5) is 22.9. The molecule has 0 N–H and O–H groups in total. The minimum atomic E-state index is -0.699. The Morgan fingerprint density at radius 2 is 1.73 bits per heavy atom. The van der Waals surface area contributed by atoms with Crippen LogP contribution in [0, 0.1) is 5.82 Å². The van der Waals surface area contributed by atoms with Crippen LogP contribution < -0.4 is 9.47 Å². The van der Waals surface area contributed by atoms with Gasteiger partial charge in [-0.25, -0.2) is 9.18 Å². The van der Waals surface area contributed by atoms with Crippen molar-refractivity contribution in [1.29, 1.82) is 0 Å². The summed E-state index contributed by atoms with van der Waals surface area (Å²) in [7, 11) is 1.57. The van der Waals surface area contributed by atoms with Crippen molar-refractivity contribution in [3.8, 4) is 22.6 Å². The summed E-state index contributed by atoms with van der Waals surface area (Å²) < 4.78 is 29.0. The first-order chi connectivity index (χ1) is 12.4. The van der Waals surface area contributed by atoms with Crippen LogP contribution in [0.5, 0.6) is 11.5 Å². The number of hydrogen-bond donors (Lipinski definition) is 0. The van der Waals surface area contributed by atoms with Crippen molar-refractivity contribution in [2.45, 2.75) is 13.3 Å². The van der Waals surface area contributed by atoms with E-state index in [0.717, 1.165) is 5.56 Å². The Hall–Kier alpha value is -3.15. The molecule has 0 radical (unpaired) electrons. The Bertz CT molecular complexity index is 811. The molecule has 0 aliphatic rings. The van der Waals surface area contributed by atoms with Gasteiger partial charge in [0, 0.05) is 5.57 Å². The van der Waals surface area contributed by atoms with Crippen LogP contribution in [0.2, 0.25) is 0 Å². The molecule has 0 unspecified atom stereocenters. The second kappa shape index (κ2) is 8.80. The highest BCUT2D eigenvalue weighted by Gasteiger charge is 2.12. The molecular formula is C20H19FO5. The molecule has 0 fully saturated rings. The third kappa shape index (κ3) is 5.17. The first-order valence-corrected chi connectivity index (χ1v) is 7.88. The number of esters is 2. The number of halogens is 1. The largest absolute Gasteiger partial charge is 0.497 e. The summed E-state index contributed by atoms with van der Waals surface area (Å²) >= 11 is 0. The normalized spacial score (nSPS) is 10.1. The van der Waals surface area contributed by atoms with Crippen molar-refractivity contribution in [3.63, 3.8) is 0 Å². The monoisotopic (exact) mass is 358 g/mol. The molecule has 0 bridgehead atoms. The molecule has 0 aliphatic carbocycles. The maximum atomic E-state index is 14.2. The molecule has 0 saturated carbocycles. The maximum Gasteiger partial charge on any atom is 0.333 e. The highest BCUT2D eigenvalue weighted by Crippen LogP contribution is 2.27. The molecule has 0 aromatic heterocycles. The van der Waals surface area contributed by atoms with Crippen molar-refractivity contribution in [1.82, 2.24) is 0 Å². The van der Waals surface area contributed by atoms with Crippen molar-refractivity contribution >= 4 is 11.9 Å². The molecule has 6 heteroatoms. The van der Waals surface area contributed by atoms with E-state index in [2.05, 4.69) is 6.58 Å². The van der Waals surface area contributed by atoms with Crippen LogP contribution >= 0.6 is 0 Å². The SMILES string of the molecule is C=C(C)C(=O)OCCC(=O)Oc1ccc(-c2ccc(OC)cc2)cc1F. The highest BCUT2D eigenvalue weighted by molar-refractivity contribution is 5.87. The van der Waals surface area contributed by atoms with E-state index in [4.69, 9.17) is 14.2 Å². The lowest BCUT2D eigenvalue weighted by atomic mass is 10.1. The van der Waals surface area contributed by atoms with Crippen LogP contribution in [-0.4, -0.2) is 25.7 Å². The minimum absolute atomic E-state index is 0.157. The van der Waals surface area contributed by atoms with Gasteiger partial charge < -0.3 is 14.2 Å². The van der Waals surface area contributed by atoms with Gasteiger partial charge >= 0.3 is 11.9 Å². The fourth-order valence-electron chi connectivity index (χ4n) is 2.07. The van der Waals surface area contributed by atoms with E-state index in [1.54, 1.807) is 37.4 Å². The van der Waals surface area contributed by atoms with Gasteiger partial charge in [-0.2, -0.15) is 0 Å². The maximum absolute atomic E-state index is 14.2. The summed E-state index contributed by atoms with van der Waals surface area (Å²) in [5.74, 6) is -1.43. The van der Waals surface area contributed by atoms with E-state index in [-0.39, 0.29) is 24.4 Å². The minimum Gasteiger partial charge on any atom is -0.497 e. The van der Waals surface area contributed by atoms with Crippen LogP contribution in [-0.2, 0) is 14.3 Å². The zero-order chi connectivity index (χ0) is 19.1. The number of carbonyl (C=O) groups excluding carboxylic acids is 2. The fraction of sp³-hybridized carbons (Fsp3) is 0.200. The lowest BCUT2D eigenvalue weighted by molar-refractivity contribution is -0.142. The smallest absolute Gasteiger partial charge is 0.333 e. The highest BCUT2D eigenvalue weighted by atomic mass is 19.1. The van der Waals surface area contributed by atoms with E-state index in [0.29, 0.717) is 11.3 Å². The van der Waals surface area contributed by atoms with Gasteiger partial charge in [0.05, 0.1) is 13.5 Å². The van der Waals surface area contributed by atoms with E-state index in [1.165, 1.54) is 19.1 Å². The third-order valence-corrected chi connectivity index (χ3v) is 3.47. The standard InChI is InChI=1S/C20H19FO5/c1-13(2)20(23)25-11-10-19(22)26-18-9-6-15(12-17(18)21)14-4-7-16(24-3)8-5-14/h4-9,12H,1,10-11H2,2-3H3. The van der Waals surface area contributed by atoms with Crippen LogP contribution in [0.1, 0.15) is 13.3 Å². The second-order valence-corrected chi connectivity index (χ2v) is 5.51. The Morgan fingerprint density at radius 3 is 2.31 bits per heavy atom. The zero-order valence-electron chi connectivity index (χ0n) is 14.6. The van der Waals surface area contributed by atoms with E-state index < -0.39 is 17.8 Å². The molecule has 0 aliphatic heterocycles. The van der Waals surface area contributed by atoms with Crippen molar-refractivity contribution in [2.75, 3.05) is 13.7 Å². The number of benzene rings is 2. The Labute approximate surface area is 151 Å². The quantitative estimate of drug-likeness (QED) is 0.426. The van der Waals surface area contributed by atoms with Gasteiger partial charge in [-0.3, -0.25) is 4.79 Å². The van der Waals surface area contributed by atoms with Gasteiger partial charge in [-0.1, -0.05) is 24.8 Å². The Balaban J connectivity index is 1.97. The average molecular weight is 358 g/mol. The average Bonchev–Trinajstić information content (AvgIpc) is 2.63. The molecule has 2 aromatic carbocycles. The van der Waals surface area contributed by atoms with Gasteiger partial charge in [0.15, 0.2) is 11.6 Å². The lowest BCUT2D eigenvalue weighted by Gasteiger charge is -2.08. The van der Waals surface area contributed by atoms with Crippen LogP contribution in [0.25, 0.3) is 11.1 Å². The number of ether oxygens (including phenoxy) is 3. The molecular weight excluding hydrogens is 339 g/mol. The first kappa shape index (κ1) is 19.2. The van der Waals surface area contributed by atoms with Crippen LogP contribution in [0.15, 0.2) is 54.6 Å². The summed E-state index contributed by atoms with van der Waals surface area (Å²) in [5, 5.41) is 0. The topological polar surface area (TPSA) is 61.8 Å². The molecule has 2 aromatic rings. The number of methoxy groups -OCH3 is 1. The molecule has 0 amide bonds. The van der Waals surface area contributed by atoms with E-state index in [1.807, 2.05) is 0 Å². The van der Waals surface area contributed by atoms with Gasteiger partial charge in [-0.05, 0) is 42.3 Å². The lowest BCUT2D eigenvalue weighted by Crippen LogP contribution is -2.14. The first-order valence-electron chi connectivity index (χ1n) is 7.88. The van der Waals surface area contributed by atoms with Gasteiger partial charge in [0.1, 0.15) is 12.4 Å². The van der Waals surface area contributed by atoms with Crippen molar-refractivity contribution in [3.05, 3.63) is 60.4 Å². The number of carbonyl (C=O) groups is 2. The molecule has 0 saturated heterocycles. The number of rotatable bonds is 7.